The van der Waals surface area contributed by atoms with E-state index in [1.54, 1.807) is 5.56 Å². The van der Waals surface area contributed by atoms with Crippen molar-refractivity contribution in [3.8, 4) is 22.3 Å². The summed E-state index contributed by atoms with van der Waals surface area (Å²) >= 11 is 0. The molecule has 4 aliphatic rings. The molecule has 3 aliphatic heterocycles. The fourth-order valence-corrected chi connectivity index (χ4v) is 10.7. The summed E-state index contributed by atoms with van der Waals surface area (Å²) in [5, 5.41) is 0. The Labute approximate surface area is 297 Å². The molecule has 2 unspecified atom stereocenters. The van der Waals surface area contributed by atoms with E-state index in [0.717, 1.165) is 0 Å². The monoisotopic (exact) mass is 646 g/mol. The van der Waals surface area contributed by atoms with Crippen LogP contribution in [0.4, 0.5) is 28.4 Å². The molecule has 1 saturated carbocycles. The predicted molar refractivity (Wildman–Crippen MR) is 214 cm³/mol. The smallest absolute Gasteiger partial charge is 0.252 e. The number of hydrogen-bond donors (Lipinski definition) is 0. The van der Waals surface area contributed by atoms with Crippen LogP contribution >= 0.6 is 0 Å². The standard InChI is InChI=1S/C47H43BN2/c1-30-26-40-44-41(27-30)50-45-42(46(4)24-12-13-25-47(46,50)5)31(2)28-32(3)43(45)48(44)38-29-36(34-16-10-7-11-17-34)20-23-39(38)49(40)37-21-18-35(19-22-37)33-14-8-6-9-15-33/h6-11,14-23,26-29H,12-13,24-25H2,1-5H3. The van der Waals surface area contributed by atoms with Crippen molar-refractivity contribution in [2.45, 2.75) is 71.3 Å². The summed E-state index contributed by atoms with van der Waals surface area (Å²) in [5.41, 5.74) is 22.0. The Hall–Kier alpha value is -5.02. The summed E-state index contributed by atoms with van der Waals surface area (Å²) < 4.78 is 0. The van der Waals surface area contributed by atoms with Crippen molar-refractivity contribution < 1.29 is 0 Å². The van der Waals surface area contributed by atoms with Gasteiger partial charge < -0.3 is 9.80 Å². The van der Waals surface area contributed by atoms with Crippen LogP contribution in [0.2, 0.25) is 0 Å². The molecule has 0 radical (unpaired) electrons. The molecular formula is C47H43BN2. The lowest BCUT2D eigenvalue weighted by molar-refractivity contribution is 0.194. The van der Waals surface area contributed by atoms with Crippen molar-refractivity contribution in [3.63, 3.8) is 0 Å². The molecule has 10 rings (SSSR count). The minimum absolute atomic E-state index is 0.0156. The third-order valence-corrected chi connectivity index (χ3v) is 13.1. The maximum Gasteiger partial charge on any atom is 0.252 e. The number of benzene rings is 6. The molecule has 0 saturated heterocycles. The van der Waals surface area contributed by atoms with Gasteiger partial charge in [-0.25, -0.2) is 0 Å². The van der Waals surface area contributed by atoms with E-state index in [2.05, 4.69) is 166 Å². The molecule has 2 nitrogen and oxygen atoms in total. The average Bonchev–Trinajstić information content (AvgIpc) is 3.36. The number of rotatable bonds is 3. The van der Waals surface area contributed by atoms with Crippen molar-refractivity contribution >= 4 is 51.5 Å². The third-order valence-electron chi connectivity index (χ3n) is 13.1. The molecular weight excluding hydrogens is 603 g/mol. The minimum atomic E-state index is 0.0156. The summed E-state index contributed by atoms with van der Waals surface area (Å²) in [6, 6.07) is 45.6. The molecule has 50 heavy (non-hydrogen) atoms. The largest absolute Gasteiger partial charge is 0.335 e. The molecule has 0 amide bonds. The first-order valence-electron chi connectivity index (χ1n) is 18.5. The van der Waals surface area contributed by atoms with Crippen molar-refractivity contribution in [2.75, 3.05) is 9.80 Å². The highest BCUT2D eigenvalue weighted by Crippen LogP contribution is 2.62. The number of hydrogen-bond acceptors (Lipinski definition) is 2. The van der Waals surface area contributed by atoms with E-state index in [1.165, 1.54) is 109 Å². The highest BCUT2D eigenvalue weighted by molar-refractivity contribution is 7.00. The van der Waals surface area contributed by atoms with Crippen LogP contribution in [0.1, 0.15) is 61.8 Å². The second-order valence-corrected chi connectivity index (χ2v) is 15.8. The Morgan fingerprint density at radius 2 is 1.18 bits per heavy atom. The molecule has 3 heterocycles. The maximum atomic E-state index is 2.86. The Bertz CT molecular complexity index is 2340. The second kappa shape index (κ2) is 10.5. The Morgan fingerprint density at radius 1 is 0.560 bits per heavy atom. The zero-order valence-electron chi connectivity index (χ0n) is 29.8. The van der Waals surface area contributed by atoms with E-state index in [1.807, 2.05) is 0 Å². The predicted octanol–water partition coefficient (Wildman–Crippen LogP) is 10.3. The summed E-state index contributed by atoms with van der Waals surface area (Å²) in [7, 11) is 0. The molecule has 244 valence electrons. The van der Waals surface area contributed by atoms with Crippen LogP contribution in [-0.2, 0) is 5.41 Å². The lowest BCUT2D eigenvalue weighted by Gasteiger charge is -2.53. The Balaban J connectivity index is 1.28. The first-order chi connectivity index (χ1) is 24.3. The number of fused-ring (bicyclic) bond motifs is 7. The topological polar surface area (TPSA) is 6.48 Å². The van der Waals surface area contributed by atoms with Crippen LogP contribution in [0, 0.1) is 20.8 Å². The van der Waals surface area contributed by atoms with Crippen molar-refractivity contribution in [1.29, 1.82) is 0 Å². The first kappa shape index (κ1) is 29.9. The minimum Gasteiger partial charge on any atom is -0.335 e. The van der Waals surface area contributed by atoms with Gasteiger partial charge in [0, 0.05) is 33.9 Å². The first-order valence-corrected chi connectivity index (χ1v) is 18.5. The van der Waals surface area contributed by atoms with Gasteiger partial charge in [0.2, 0.25) is 0 Å². The van der Waals surface area contributed by atoms with Crippen LogP contribution in [0.25, 0.3) is 22.3 Å². The number of aryl methyl sites for hydroxylation is 3. The van der Waals surface area contributed by atoms with Crippen LogP contribution < -0.4 is 26.2 Å². The van der Waals surface area contributed by atoms with Gasteiger partial charge in [0.05, 0.1) is 5.54 Å². The molecule has 6 aromatic rings. The SMILES string of the molecule is Cc1cc2c3c(c1)N1c4c(c(C)cc(C)c4C4(C)CCCCC14C)B3c1cc(-c3ccccc3)ccc1N2c1ccc(-c2ccccc2)cc1. The van der Waals surface area contributed by atoms with Crippen molar-refractivity contribution in [1.82, 2.24) is 0 Å². The van der Waals surface area contributed by atoms with Gasteiger partial charge in [-0.3, -0.25) is 0 Å². The highest BCUT2D eigenvalue weighted by Gasteiger charge is 2.62. The van der Waals surface area contributed by atoms with Gasteiger partial charge in [0.1, 0.15) is 0 Å². The van der Waals surface area contributed by atoms with Gasteiger partial charge in [0.25, 0.3) is 6.71 Å². The third kappa shape index (κ3) is 3.87. The van der Waals surface area contributed by atoms with E-state index >= 15 is 0 Å². The van der Waals surface area contributed by atoms with E-state index in [-0.39, 0.29) is 17.7 Å². The van der Waals surface area contributed by atoms with Crippen LogP contribution in [0.3, 0.4) is 0 Å². The van der Waals surface area contributed by atoms with Gasteiger partial charge in [-0.05, 0) is 126 Å². The summed E-state index contributed by atoms with van der Waals surface area (Å²) in [5.74, 6) is 0. The summed E-state index contributed by atoms with van der Waals surface area (Å²) in [6.45, 7) is 12.4. The molecule has 1 aliphatic carbocycles. The maximum absolute atomic E-state index is 2.86. The number of nitrogens with zero attached hydrogens (tertiary/aromatic N) is 2. The zero-order valence-corrected chi connectivity index (χ0v) is 29.8. The lowest BCUT2D eigenvalue weighted by Crippen LogP contribution is -2.65. The van der Waals surface area contributed by atoms with Crippen LogP contribution in [-0.4, -0.2) is 12.3 Å². The molecule has 0 spiro atoms. The van der Waals surface area contributed by atoms with E-state index in [9.17, 15) is 0 Å². The molecule has 2 atom stereocenters. The van der Waals surface area contributed by atoms with Crippen molar-refractivity contribution in [3.05, 3.63) is 144 Å². The normalized spacial score (nSPS) is 21.0. The van der Waals surface area contributed by atoms with E-state index in [4.69, 9.17) is 0 Å². The van der Waals surface area contributed by atoms with Gasteiger partial charge in [-0.15, -0.1) is 0 Å². The van der Waals surface area contributed by atoms with Gasteiger partial charge in [-0.2, -0.15) is 0 Å². The zero-order chi connectivity index (χ0) is 33.9. The lowest BCUT2D eigenvalue weighted by atomic mass is 9.32. The number of anilines is 5. The summed E-state index contributed by atoms with van der Waals surface area (Å²) in [4.78, 5) is 5.43. The average molecular weight is 647 g/mol. The quantitative estimate of drug-likeness (QED) is 0.176. The van der Waals surface area contributed by atoms with Gasteiger partial charge in [0.15, 0.2) is 0 Å². The highest BCUT2D eigenvalue weighted by atomic mass is 15.3. The second-order valence-electron chi connectivity index (χ2n) is 15.8. The fraction of sp³-hybridized carbons (Fsp3) is 0.234. The van der Waals surface area contributed by atoms with E-state index < -0.39 is 0 Å². The molecule has 0 bridgehead atoms. The van der Waals surface area contributed by atoms with Gasteiger partial charge in [-0.1, -0.05) is 116 Å². The Morgan fingerprint density at radius 3 is 1.90 bits per heavy atom. The van der Waals surface area contributed by atoms with Gasteiger partial charge >= 0.3 is 0 Å². The molecule has 6 aromatic carbocycles. The van der Waals surface area contributed by atoms with Crippen LogP contribution in [0.15, 0.2) is 121 Å². The molecule has 3 heteroatoms. The fourth-order valence-electron chi connectivity index (χ4n) is 10.7. The summed E-state index contributed by atoms with van der Waals surface area (Å²) in [6.07, 6.45) is 5.03. The Kier molecular flexibility index (Phi) is 6.27. The molecule has 0 N–H and O–H groups in total. The van der Waals surface area contributed by atoms with Crippen LogP contribution in [0.5, 0.6) is 0 Å². The molecule has 0 aromatic heterocycles. The van der Waals surface area contributed by atoms with E-state index in [0.29, 0.717) is 0 Å². The molecule has 1 fully saturated rings. The van der Waals surface area contributed by atoms with Crippen molar-refractivity contribution in [2.24, 2.45) is 0 Å².